The van der Waals surface area contributed by atoms with E-state index < -0.39 is 5.82 Å². The summed E-state index contributed by atoms with van der Waals surface area (Å²) in [6.07, 6.45) is 7.65. The van der Waals surface area contributed by atoms with Crippen LogP contribution in [0.1, 0.15) is 36.7 Å². The van der Waals surface area contributed by atoms with Crippen molar-refractivity contribution in [2.45, 2.75) is 25.2 Å². The van der Waals surface area contributed by atoms with E-state index in [1.807, 2.05) is 12.1 Å². The lowest BCUT2D eigenvalue weighted by molar-refractivity contribution is 0.617. The van der Waals surface area contributed by atoms with E-state index in [4.69, 9.17) is 4.55 Å². The van der Waals surface area contributed by atoms with Gasteiger partial charge in [0.15, 0.2) is 23.3 Å². The molecule has 0 saturated heterocycles. The summed E-state index contributed by atoms with van der Waals surface area (Å²) in [5.41, 5.74) is 1.90. The highest BCUT2D eigenvalue weighted by atomic mass is 32.2. The van der Waals surface area contributed by atoms with Gasteiger partial charge < -0.3 is 9.87 Å². The van der Waals surface area contributed by atoms with E-state index in [9.17, 15) is 4.39 Å². The lowest BCUT2D eigenvalue weighted by atomic mass is 10.2. The van der Waals surface area contributed by atoms with Gasteiger partial charge in [0.05, 0.1) is 6.20 Å². The lowest BCUT2D eigenvalue weighted by Crippen LogP contribution is -2.02. The molecule has 6 nitrogen and oxygen atoms in total. The van der Waals surface area contributed by atoms with Crippen LogP contribution in [0, 0.1) is 5.82 Å². The summed E-state index contributed by atoms with van der Waals surface area (Å²) in [4.78, 5) is 9.08. The van der Waals surface area contributed by atoms with Crippen molar-refractivity contribution in [3.63, 3.8) is 0 Å². The van der Waals surface area contributed by atoms with Gasteiger partial charge in [0.25, 0.3) is 0 Å². The second kappa shape index (κ2) is 5.78. The van der Waals surface area contributed by atoms with Crippen molar-refractivity contribution in [3.8, 4) is 0 Å². The van der Waals surface area contributed by atoms with Crippen LogP contribution in [-0.4, -0.2) is 24.7 Å². The lowest BCUT2D eigenvalue weighted by Gasteiger charge is -2.07. The molecule has 2 aromatic rings. The fourth-order valence-corrected chi connectivity index (χ4v) is 2.80. The van der Waals surface area contributed by atoms with Gasteiger partial charge in [-0.2, -0.15) is 5.10 Å². The molecule has 2 aliphatic rings. The van der Waals surface area contributed by atoms with Crippen LogP contribution in [0.15, 0.2) is 29.3 Å². The number of H-pyrrole nitrogens is 1. The summed E-state index contributed by atoms with van der Waals surface area (Å²) in [5.74, 6) is 1.09. The standard InChI is InChI=1S/C15H14FN5OS/c16-11-7-17-14(9-3-4-10(5-9)23-22)19-15(11)18-13-6-12(20-21-13)8-1-2-8/h3-4,6-8,22H,1-2,5H2,(H2,17,18,19,20,21). The highest BCUT2D eigenvalue weighted by Gasteiger charge is 2.25. The third kappa shape index (κ3) is 2.99. The van der Waals surface area contributed by atoms with E-state index in [-0.39, 0.29) is 5.82 Å². The van der Waals surface area contributed by atoms with Crippen LogP contribution in [0.3, 0.4) is 0 Å². The van der Waals surface area contributed by atoms with Crippen molar-refractivity contribution in [1.82, 2.24) is 20.2 Å². The first-order valence-corrected chi connectivity index (χ1v) is 8.06. The Morgan fingerprint density at radius 3 is 2.96 bits per heavy atom. The van der Waals surface area contributed by atoms with E-state index >= 15 is 0 Å². The van der Waals surface area contributed by atoms with Crippen molar-refractivity contribution >= 4 is 29.3 Å². The van der Waals surface area contributed by atoms with Gasteiger partial charge in [-0.3, -0.25) is 5.10 Å². The van der Waals surface area contributed by atoms with Gasteiger partial charge in [-0.15, -0.1) is 0 Å². The van der Waals surface area contributed by atoms with Gasteiger partial charge in [0.1, 0.15) is 0 Å². The maximum absolute atomic E-state index is 14.0. The van der Waals surface area contributed by atoms with E-state index in [1.165, 1.54) is 12.8 Å². The SMILES string of the molecule is OSC1=CC=C(c2ncc(F)c(Nc3cc(C4CC4)[nH]n3)n2)C1. The Kier molecular flexibility index (Phi) is 3.62. The minimum Gasteiger partial charge on any atom is -0.326 e. The summed E-state index contributed by atoms with van der Waals surface area (Å²) in [6, 6.07) is 1.88. The number of rotatable bonds is 5. The summed E-state index contributed by atoms with van der Waals surface area (Å²) >= 11 is 0.702. The monoisotopic (exact) mass is 331 g/mol. The summed E-state index contributed by atoms with van der Waals surface area (Å²) in [6.45, 7) is 0. The fraction of sp³-hybridized carbons (Fsp3) is 0.267. The molecule has 0 aromatic carbocycles. The Bertz CT molecular complexity index is 812. The third-order valence-electron chi connectivity index (χ3n) is 3.84. The van der Waals surface area contributed by atoms with Crippen LogP contribution in [-0.2, 0) is 0 Å². The number of hydrogen-bond acceptors (Lipinski definition) is 6. The maximum atomic E-state index is 14.0. The highest BCUT2D eigenvalue weighted by molar-refractivity contribution is 7.97. The zero-order valence-corrected chi connectivity index (χ0v) is 12.9. The number of anilines is 2. The van der Waals surface area contributed by atoms with Gasteiger partial charge in [-0.05, 0) is 18.9 Å². The molecule has 0 spiro atoms. The number of allylic oxidation sites excluding steroid dienone is 4. The van der Waals surface area contributed by atoms with E-state index in [1.54, 1.807) is 6.08 Å². The Morgan fingerprint density at radius 2 is 2.22 bits per heavy atom. The Morgan fingerprint density at radius 1 is 1.35 bits per heavy atom. The normalized spacial score (nSPS) is 17.1. The molecule has 0 amide bonds. The third-order valence-corrected chi connectivity index (χ3v) is 4.36. The second-order valence-corrected chi connectivity index (χ2v) is 6.30. The Hall–Kier alpha value is -2.19. The molecule has 118 valence electrons. The van der Waals surface area contributed by atoms with Crippen molar-refractivity contribution in [2.24, 2.45) is 0 Å². The first-order valence-electron chi connectivity index (χ1n) is 7.29. The number of nitrogens with one attached hydrogen (secondary N) is 2. The van der Waals surface area contributed by atoms with Gasteiger partial charge in [-0.25, -0.2) is 14.4 Å². The molecule has 0 aliphatic heterocycles. The number of aromatic amines is 1. The molecule has 2 aliphatic carbocycles. The van der Waals surface area contributed by atoms with Crippen molar-refractivity contribution in [3.05, 3.63) is 46.7 Å². The zero-order valence-electron chi connectivity index (χ0n) is 12.1. The molecule has 1 saturated carbocycles. The molecular weight excluding hydrogens is 317 g/mol. The number of aromatic nitrogens is 4. The largest absolute Gasteiger partial charge is 0.326 e. The molecule has 1 fully saturated rings. The molecule has 0 bridgehead atoms. The van der Waals surface area contributed by atoms with Gasteiger partial charge in [0, 0.05) is 46.6 Å². The summed E-state index contributed by atoms with van der Waals surface area (Å²) in [7, 11) is 0. The minimum absolute atomic E-state index is 0.0925. The first kappa shape index (κ1) is 14.4. The molecule has 3 N–H and O–H groups in total. The molecule has 23 heavy (non-hydrogen) atoms. The molecule has 0 unspecified atom stereocenters. The summed E-state index contributed by atoms with van der Waals surface area (Å²) in [5, 5.41) is 10.0. The average Bonchev–Trinajstić information content (AvgIpc) is 3.11. The second-order valence-electron chi connectivity index (χ2n) is 5.59. The highest BCUT2D eigenvalue weighted by Crippen LogP contribution is 2.39. The van der Waals surface area contributed by atoms with Gasteiger partial charge >= 0.3 is 0 Å². The van der Waals surface area contributed by atoms with E-state index in [0.29, 0.717) is 36.0 Å². The van der Waals surface area contributed by atoms with E-state index in [2.05, 4.69) is 25.5 Å². The Labute approximate surface area is 136 Å². The van der Waals surface area contributed by atoms with Crippen LogP contribution < -0.4 is 5.32 Å². The first-order chi connectivity index (χ1) is 11.2. The average molecular weight is 331 g/mol. The molecule has 0 radical (unpaired) electrons. The number of nitrogens with zero attached hydrogens (tertiary/aromatic N) is 3. The molecule has 2 aromatic heterocycles. The van der Waals surface area contributed by atoms with Crippen molar-refractivity contribution < 1.29 is 8.94 Å². The Balaban J connectivity index is 1.54. The molecule has 8 heteroatoms. The quantitative estimate of drug-likeness (QED) is 0.722. The van der Waals surface area contributed by atoms with Crippen LogP contribution in [0.4, 0.5) is 16.0 Å². The maximum Gasteiger partial charge on any atom is 0.184 e. The number of halogens is 1. The molecular formula is C15H14FN5OS. The van der Waals surface area contributed by atoms with Gasteiger partial charge in [0.2, 0.25) is 0 Å². The smallest absolute Gasteiger partial charge is 0.184 e. The fourth-order valence-electron chi connectivity index (χ4n) is 2.45. The topological polar surface area (TPSA) is 86.7 Å². The van der Waals surface area contributed by atoms with Crippen LogP contribution in [0.2, 0.25) is 0 Å². The molecule has 0 atom stereocenters. The van der Waals surface area contributed by atoms with Crippen molar-refractivity contribution in [2.75, 3.05) is 5.32 Å². The summed E-state index contributed by atoms with van der Waals surface area (Å²) < 4.78 is 23.0. The number of hydrogen-bond donors (Lipinski definition) is 3. The predicted molar refractivity (Wildman–Crippen MR) is 86.7 cm³/mol. The predicted octanol–water partition coefficient (Wildman–Crippen LogP) is 3.84. The van der Waals surface area contributed by atoms with Crippen molar-refractivity contribution in [1.29, 1.82) is 0 Å². The molecule has 2 heterocycles. The zero-order chi connectivity index (χ0) is 15.8. The molecule has 4 rings (SSSR count). The van der Waals surface area contributed by atoms with E-state index in [0.717, 1.165) is 22.4 Å². The van der Waals surface area contributed by atoms with Gasteiger partial charge in [-0.1, -0.05) is 6.08 Å². The van der Waals surface area contributed by atoms with Crippen LogP contribution in [0.25, 0.3) is 5.57 Å². The minimum atomic E-state index is -0.534. The van der Waals surface area contributed by atoms with Crippen LogP contribution >= 0.6 is 12.0 Å². The van der Waals surface area contributed by atoms with Crippen LogP contribution in [0.5, 0.6) is 0 Å².